The average molecular weight is 521 g/mol. The van der Waals surface area contributed by atoms with Crippen LogP contribution >= 0.6 is 0 Å². The van der Waals surface area contributed by atoms with Crippen LogP contribution in [0.25, 0.3) is 6.08 Å². The molecule has 8 heteroatoms. The lowest BCUT2D eigenvalue weighted by molar-refractivity contribution is -0.137. The van der Waals surface area contributed by atoms with Crippen LogP contribution in [0.2, 0.25) is 0 Å². The van der Waals surface area contributed by atoms with Gasteiger partial charge in [0.1, 0.15) is 0 Å². The number of halogens is 3. The van der Waals surface area contributed by atoms with Crippen LogP contribution in [0, 0.1) is 5.92 Å². The molecular formula is C30H27F3N2O3. The van der Waals surface area contributed by atoms with Gasteiger partial charge in [-0.1, -0.05) is 30.4 Å². The van der Waals surface area contributed by atoms with Crippen LogP contribution in [-0.2, 0) is 18.1 Å². The third-order valence-electron chi connectivity index (χ3n) is 7.41. The monoisotopic (exact) mass is 520 g/mol. The molecular weight excluding hydrogens is 493 g/mol. The number of allylic oxidation sites excluding steroid dienone is 5. The number of anilines is 1. The van der Waals surface area contributed by atoms with Crippen LogP contribution in [-0.4, -0.2) is 11.6 Å². The van der Waals surface area contributed by atoms with Gasteiger partial charge in [-0.15, -0.1) is 0 Å². The Balaban J connectivity index is 1.69. The van der Waals surface area contributed by atoms with Crippen LogP contribution < -0.4 is 20.5 Å². The summed E-state index contributed by atoms with van der Waals surface area (Å²) >= 11 is 0. The Labute approximate surface area is 218 Å². The van der Waals surface area contributed by atoms with Gasteiger partial charge in [0.15, 0.2) is 5.75 Å². The van der Waals surface area contributed by atoms with Gasteiger partial charge in [-0.2, -0.15) is 13.2 Å². The van der Waals surface area contributed by atoms with Gasteiger partial charge in [0.2, 0.25) is 5.43 Å². The van der Waals surface area contributed by atoms with Crippen molar-refractivity contribution >= 4 is 11.8 Å². The van der Waals surface area contributed by atoms with Crippen LogP contribution in [0.15, 0.2) is 82.3 Å². The van der Waals surface area contributed by atoms with Crippen molar-refractivity contribution in [2.75, 3.05) is 11.5 Å². The fraction of sp³-hybridized carbons (Fsp3) is 0.300. The Morgan fingerprint density at radius 2 is 1.89 bits per heavy atom. The summed E-state index contributed by atoms with van der Waals surface area (Å²) in [5.41, 5.74) is -0.122. The first kappa shape index (κ1) is 25.7. The Bertz CT molecular complexity index is 1500. The molecule has 2 heterocycles. The van der Waals surface area contributed by atoms with E-state index in [1.807, 2.05) is 30.0 Å². The third-order valence-corrected chi connectivity index (χ3v) is 7.41. The summed E-state index contributed by atoms with van der Waals surface area (Å²) in [5, 5.41) is 0. The van der Waals surface area contributed by atoms with E-state index < -0.39 is 28.0 Å². The van der Waals surface area contributed by atoms with Crippen LogP contribution in [0.1, 0.15) is 48.9 Å². The van der Waals surface area contributed by atoms with Crippen molar-refractivity contribution < 1.29 is 17.9 Å². The Kier molecular flexibility index (Phi) is 6.59. The number of hydrogen-bond donors (Lipinski definition) is 0. The predicted octanol–water partition coefficient (Wildman–Crippen LogP) is 5.94. The number of rotatable bonds is 8. The number of alkyl halides is 3. The standard InChI is InChI=1S/C30H27F3N2O3/c1-3-38-28-22(26(36)27(28)37)16-25-29(2,13-12-19-7-4-5-8-19)23-15-21(30(31,32)33)10-11-24(23)35(25)18-20-9-6-14-34-17-20/h4-11,14-17,19H,3,12-13,18H2,1-2H3/b25-16+. The van der Waals surface area contributed by atoms with Gasteiger partial charge >= 0.3 is 6.18 Å². The Morgan fingerprint density at radius 3 is 2.55 bits per heavy atom. The minimum absolute atomic E-state index is 0.00211. The summed E-state index contributed by atoms with van der Waals surface area (Å²) in [6.45, 7) is 4.18. The van der Waals surface area contributed by atoms with Crippen molar-refractivity contribution in [1.82, 2.24) is 4.98 Å². The number of fused-ring (bicyclic) bond motifs is 1. The van der Waals surface area contributed by atoms with Gasteiger partial charge in [-0.25, -0.2) is 0 Å². The van der Waals surface area contributed by atoms with Crippen molar-refractivity contribution in [3.63, 3.8) is 0 Å². The second kappa shape index (κ2) is 9.74. The quantitative estimate of drug-likeness (QED) is 0.344. The SMILES string of the molecule is CCOc1c(/C=C2/N(Cc3cccnc3)c3ccc(C(F)(F)F)cc3C2(C)CCC2C=CC=C2)c(=O)c1=O. The number of nitrogens with zero attached hydrogens (tertiary/aromatic N) is 2. The van der Waals surface area contributed by atoms with Crippen molar-refractivity contribution in [3.8, 4) is 5.75 Å². The van der Waals surface area contributed by atoms with Crippen LogP contribution in [0.3, 0.4) is 0 Å². The van der Waals surface area contributed by atoms with E-state index in [0.717, 1.165) is 11.6 Å². The molecule has 1 aromatic heterocycles. The maximum absolute atomic E-state index is 13.8. The van der Waals surface area contributed by atoms with Gasteiger partial charge in [-0.3, -0.25) is 14.6 Å². The molecule has 0 radical (unpaired) electrons. The third kappa shape index (κ3) is 4.48. The van der Waals surface area contributed by atoms with Gasteiger partial charge in [0.05, 0.1) is 17.7 Å². The molecule has 2 aromatic carbocycles. The van der Waals surface area contributed by atoms with E-state index in [-0.39, 0.29) is 23.8 Å². The molecule has 1 aliphatic carbocycles. The van der Waals surface area contributed by atoms with E-state index in [9.17, 15) is 22.8 Å². The zero-order valence-electron chi connectivity index (χ0n) is 21.1. The van der Waals surface area contributed by atoms with E-state index >= 15 is 0 Å². The largest absolute Gasteiger partial charge is 0.489 e. The molecule has 1 unspecified atom stereocenters. The highest BCUT2D eigenvalue weighted by molar-refractivity contribution is 5.78. The molecule has 2 aliphatic rings. The summed E-state index contributed by atoms with van der Waals surface area (Å²) in [6.07, 6.45) is 9.75. The first-order valence-corrected chi connectivity index (χ1v) is 12.5. The van der Waals surface area contributed by atoms with E-state index in [2.05, 4.69) is 17.1 Å². The minimum Gasteiger partial charge on any atom is -0.489 e. The Morgan fingerprint density at radius 1 is 1.13 bits per heavy atom. The first-order chi connectivity index (χ1) is 18.1. The summed E-state index contributed by atoms with van der Waals surface area (Å²) in [6, 6.07) is 7.49. The van der Waals surface area contributed by atoms with Crippen molar-refractivity contribution in [2.45, 2.75) is 44.8 Å². The molecule has 5 nitrogen and oxygen atoms in total. The fourth-order valence-corrected chi connectivity index (χ4v) is 5.37. The minimum atomic E-state index is -4.51. The molecule has 38 heavy (non-hydrogen) atoms. The molecule has 1 aliphatic heterocycles. The lowest BCUT2D eigenvalue weighted by Gasteiger charge is -2.31. The smallest absolute Gasteiger partial charge is 0.416 e. The molecule has 0 fully saturated rings. The molecule has 0 saturated heterocycles. The number of pyridine rings is 1. The zero-order chi connectivity index (χ0) is 27.1. The molecule has 0 saturated carbocycles. The lowest BCUT2D eigenvalue weighted by atomic mass is 9.75. The first-order valence-electron chi connectivity index (χ1n) is 12.5. The highest BCUT2D eigenvalue weighted by atomic mass is 19.4. The zero-order valence-corrected chi connectivity index (χ0v) is 21.1. The van der Waals surface area contributed by atoms with Gasteiger partial charge < -0.3 is 9.64 Å². The van der Waals surface area contributed by atoms with E-state index in [0.29, 0.717) is 36.3 Å². The molecule has 0 amide bonds. The van der Waals surface area contributed by atoms with Crippen molar-refractivity contribution in [3.05, 3.63) is 115 Å². The second-order valence-corrected chi connectivity index (χ2v) is 9.85. The van der Waals surface area contributed by atoms with E-state index in [1.165, 1.54) is 12.1 Å². The fourth-order valence-electron chi connectivity index (χ4n) is 5.37. The summed E-state index contributed by atoms with van der Waals surface area (Å²) in [5.74, 6) is 0.169. The molecule has 0 spiro atoms. The van der Waals surface area contributed by atoms with Crippen LogP contribution in [0.4, 0.5) is 18.9 Å². The lowest BCUT2D eigenvalue weighted by Crippen LogP contribution is -2.37. The molecule has 0 bridgehead atoms. The van der Waals surface area contributed by atoms with E-state index in [1.54, 1.807) is 31.5 Å². The predicted molar refractivity (Wildman–Crippen MR) is 141 cm³/mol. The highest BCUT2D eigenvalue weighted by Crippen LogP contribution is 2.53. The summed E-state index contributed by atoms with van der Waals surface area (Å²) in [4.78, 5) is 30.9. The topological polar surface area (TPSA) is 59.5 Å². The molecule has 1 atom stereocenters. The highest BCUT2D eigenvalue weighted by Gasteiger charge is 2.46. The number of ether oxygens (including phenoxy) is 1. The number of hydrogen-bond acceptors (Lipinski definition) is 5. The Hall–Kier alpha value is -3.94. The number of benzene rings is 1. The second-order valence-electron chi connectivity index (χ2n) is 9.85. The van der Waals surface area contributed by atoms with Crippen molar-refractivity contribution in [1.29, 1.82) is 0 Å². The van der Waals surface area contributed by atoms with Gasteiger partial charge in [-0.05, 0) is 74.1 Å². The summed E-state index contributed by atoms with van der Waals surface area (Å²) < 4.78 is 46.9. The van der Waals surface area contributed by atoms with Crippen LogP contribution in [0.5, 0.6) is 5.75 Å². The molecule has 3 aromatic rings. The molecule has 196 valence electrons. The van der Waals surface area contributed by atoms with Gasteiger partial charge in [0.25, 0.3) is 5.43 Å². The van der Waals surface area contributed by atoms with Crippen molar-refractivity contribution in [2.24, 2.45) is 5.92 Å². The number of aromatic nitrogens is 1. The average Bonchev–Trinajstić information content (AvgIpc) is 3.50. The van der Waals surface area contributed by atoms with E-state index in [4.69, 9.17) is 4.74 Å². The molecule has 5 rings (SSSR count). The normalized spacial score (nSPS) is 20.1. The maximum Gasteiger partial charge on any atom is 0.416 e. The molecule has 0 N–H and O–H groups in total. The summed E-state index contributed by atoms with van der Waals surface area (Å²) in [7, 11) is 0. The maximum atomic E-state index is 13.8. The van der Waals surface area contributed by atoms with Gasteiger partial charge in [0, 0.05) is 35.7 Å².